The molecule has 0 atom stereocenters. The van der Waals surface area contributed by atoms with Crippen LogP contribution in [0.4, 0.5) is 0 Å². The second-order valence-corrected chi connectivity index (χ2v) is 5.63. The molecule has 2 fully saturated rings. The Morgan fingerprint density at radius 1 is 0.867 bits per heavy atom. The van der Waals surface area contributed by atoms with Crippen molar-refractivity contribution >= 4 is 11.6 Å². The van der Waals surface area contributed by atoms with Gasteiger partial charge in [0.15, 0.2) is 11.6 Å². The predicted octanol–water partition coefficient (Wildman–Crippen LogP) is 2.18. The molecule has 2 heteroatoms. The molecule has 0 aromatic rings. The summed E-state index contributed by atoms with van der Waals surface area (Å²) in [7, 11) is 0. The predicted molar refractivity (Wildman–Crippen MR) is 54.2 cm³/mol. The van der Waals surface area contributed by atoms with Gasteiger partial charge >= 0.3 is 0 Å². The molecule has 0 heterocycles. The second-order valence-electron chi connectivity index (χ2n) is 5.63. The van der Waals surface area contributed by atoms with Crippen LogP contribution in [0.5, 0.6) is 0 Å². The molecule has 2 spiro atoms. The number of hydrogen-bond acceptors (Lipinski definition) is 2. The Morgan fingerprint density at radius 3 is 2.13 bits per heavy atom. The van der Waals surface area contributed by atoms with Crippen LogP contribution < -0.4 is 0 Å². The molecule has 15 heavy (non-hydrogen) atoms. The highest BCUT2D eigenvalue weighted by atomic mass is 16.2. The van der Waals surface area contributed by atoms with E-state index in [2.05, 4.69) is 0 Å². The van der Waals surface area contributed by atoms with Crippen LogP contribution in [-0.2, 0) is 9.59 Å². The van der Waals surface area contributed by atoms with Gasteiger partial charge in [-0.3, -0.25) is 9.59 Å². The van der Waals surface area contributed by atoms with Gasteiger partial charge in [-0.1, -0.05) is 0 Å². The Kier molecular flexibility index (Phi) is 1.16. The number of allylic oxidation sites excluding steroid dienone is 2. The number of hydrogen-bond donors (Lipinski definition) is 0. The summed E-state index contributed by atoms with van der Waals surface area (Å²) < 4.78 is 0. The molecule has 78 valence electrons. The van der Waals surface area contributed by atoms with Crippen molar-refractivity contribution in [3.05, 3.63) is 11.1 Å². The van der Waals surface area contributed by atoms with Crippen molar-refractivity contribution in [1.82, 2.24) is 0 Å². The molecule has 4 aliphatic rings. The topological polar surface area (TPSA) is 34.1 Å². The first-order valence-electron chi connectivity index (χ1n) is 6.03. The summed E-state index contributed by atoms with van der Waals surface area (Å²) in [5.74, 6) is 0.526. The molecule has 2 saturated carbocycles. The first kappa shape index (κ1) is 8.26. The van der Waals surface area contributed by atoms with Crippen LogP contribution in [0.2, 0.25) is 0 Å². The van der Waals surface area contributed by atoms with Crippen molar-refractivity contribution in [3.63, 3.8) is 0 Å². The summed E-state index contributed by atoms with van der Waals surface area (Å²) in [6.45, 7) is 0. The Labute approximate surface area is 88.7 Å². The third kappa shape index (κ3) is 0.724. The highest BCUT2D eigenvalue weighted by molar-refractivity contribution is 6.23. The van der Waals surface area contributed by atoms with E-state index in [1.807, 2.05) is 0 Å². The van der Waals surface area contributed by atoms with E-state index in [9.17, 15) is 9.59 Å². The molecule has 0 aliphatic heterocycles. The van der Waals surface area contributed by atoms with Gasteiger partial charge in [-0.15, -0.1) is 0 Å². The summed E-state index contributed by atoms with van der Waals surface area (Å²) in [5.41, 5.74) is 1.72. The fourth-order valence-corrected chi connectivity index (χ4v) is 3.74. The monoisotopic (exact) mass is 202 g/mol. The minimum Gasteiger partial charge on any atom is -0.298 e. The van der Waals surface area contributed by atoms with Crippen LogP contribution in [0, 0.1) is 10.8 Å². The van der Waals surface area contributed by atoms with E-state index in [0.717, 1.165) is 50.5 Å². The van der Waals surface area contributed by atoms with Crippen molar-refractivity contribution in [1.29, 1.82) is 0 Å². The van der Waals surface area contributed by atoms with Crippen LogP contribution in [0.3, 0.4) is 0 Å². The zero-order valence-electron chi connectivity index (χ0n) is 8.77. The van der Waals surface area contributed by atoms with Gasteiger partial charge in [0, 0.05) is 0 Å². The smallest absolute Gasteiger partial charge is 0.172 e. The zero-order chi connectivity index (χ0) is 10.3. The molecule has 0 N–H and O–H groups in total. The van der Waals surface area contributed by atoms with Gasteiger partial charge < -0.3 is 0 Å². The number of fused-ring (bicyclic) bond motifs is 1. The lowest BCUT2D eigenvalue weighted by atomic mass is 9.71. The first-order valence-corrected chi connectivity index (χ1v) is 6.03. The van der Waals surface area contributed by atoms with E-state index in [-0.39, 0.29) is 11.2 Å². The van der Waals surface area contributed by atoms with Gasteiger partial charge in [-0.2, -0.15) is 0 Å². The summed E-state index contributed by atoms with van der Waals surface area (Å²) in [5, 5.41) is 0. The average molecular weight is 202 g/mol. The quantitative estimate of drug-likeness (QED) is 0.564. The molecule has 0 aromatic heterocycles. The lowest BCUT2D eigenvalue weighted by Crippen LogP contribution is -2.39. The molecule has 0 radical (unpaired) electrons. The van der Waals surface area contributed by atoms with E-state index in [1.165, 1.54) is 5.57 Å². The summed E-state index contributed by atoms with van der Waals surface area (Å²) in [4.78, 5) is 24.6. The standard InChI is InChI=1S/C13H14O2/c14-10-8-2-1-3-9(8)12(4-5-12)11(15)13(10)6-7-13/h1-7H2. The minimum atomic E-state index is -0.500. The second kappa shape index (κ2) is 2.11. The largest absolute Gasteiger partial charge is 0.298 e. The Hall–Kier alpha value is -0.920. The van der Waals surface area contributed by atoms with E-state index in [4.69, 9.17) is 0 Å². The van der Waals surface area contributed by atoms with Gasteiger partial charge in [0.1, 0.15) is 0 Å². The zero-order valence-corrected chi connectivity index (χ0v) is 8.77. The van der Waals surface area contributed by atoms with E-state index < -0.39 is 5.41 Å². The molecule has 4 aliphatic carbocycles. The fourth-order valence-electron chi connectivity index (χ4n) is 3.74. The highest BCUT2D eigenvalue weighted by Gasteiger charge is 2.70. The molecular formula is C13H14O2. The molecule has 0 bridgehead atoms. The maximum Gasteiger partial charge on any atom is 0.172 e. The fraction of sp³-hybridized carbons (Fsp3) is 0.692. The minimum absolute atomic E-state index is 0.115. The Morgan fingerprint density at radius 2 is 1.53 bits per heavy atom. The van der Waals surface area contributed by atoms with Gasteiger partial charge in [-0.25, -0.2) is 0 Å². The number of carbonyl (C=O) groups is 2. The van der Waals surface area contributed by atoms with Crippen LogP contribution in [0.15, 0.2) is 11.1 Å². The van der Waals surface area contributed by atoms with Crippen molar-refractivity contribution < 1.29 is 9.59 Å². The third-order valence-electron chi connectivity index (χ3n) is 4.87. The average Bonchev–Trinajstić information content (AvgIpc) is 3.14. The Balaban J connectivity index is 1.96. The van der Waals surface area contributed by atoms with Crippen molar-refractivity contribution in [2.45, 2.75) is 44.9 Å². The van der Waals surface area contributed by atoms with Crippen LogP contribution in [-0.4, -0.2) is 11.6 Å². The van der Waals surface area contributed by atoms with Gasteiger partial charge in [0.05, 0.1) is 10.8 Å². The van der Waals surface area contributed by atoms with Crippen molar-refractivity contribution in [2.75, 3.05) is 0 Å². The van der Waals surface area contributed by atoms with Gasteiger partial charge in [0.2, 0.25) is 0 Å². The summed E-state index contributed by atoms with van der Waals surface area (Å²) in [6, 6.07) is 0. The maximum absolute atomic E-state index is 12.4. The van der Waals surface area contributed by atoms with Crippen LogP contribution in [0.1, 0.15) is 44.9 Å². The highest BCUT2D eigenvalue weighted by Crippen LogP contribution is 2.68. The molecule has 2 nitrogen and oxygen atoms in total. The van der Waals surface area contributed by atoms with Crippen molar-refractivity contribution in [2.24, 2.45) is 10.8 Å². The number of ketones is 2. The molecule has 0 amide bonds. The molecular weight excluding hydrogens is 188 g/mol. The summed E-state index contributed by atoms with van der Waals surface area (Å²) >= 11 is 0. The molecule has 4 rings (SSSR count). The molecule has 0 saturated heterocycles. The molecule has 0 aromatic carbocycles. The Bertz CT molecular complexity index is 433. The number of rotatable bonds is 0. The van der Waals surface area contributed by atoms with Crippen molar-refractivity contribution in [3.8, 4) is 0 Å². The van der Waals surface area contributed by atoms with E-state index >= 15 is 0 Å². The van der Waals surface area contributed by atoms with Crippen LogP contribution >= 0.6 is 0 Å². The lowest BCUT2D eigenvalue weighted by Gasteiger charge is -2.29. The summed E-state index contributed by atoms with van der Waals surface area (Å²) in [6.07, 6.45) is 6.79. The SMILES string of the molecule is O=C1C2=C(CCC2)C2(CC2)C(=O)C12CC2. The normalized spacial score (nSPS) is 33.9. The van der Waals surface area contributed by atoms with Crippen LogP contribution in [0.25, 0.3) is 0 Å². The van der Waals surface area contributed by atoms with Gasteiger partial charge in [0.25, 0.3) is 0 Å². The maximum atomic E-state index is 12.4. The first-order chi connectivity index (χ1) is 7.21. The number of carbonyl (C=O) groups excluding carboxylic acids is 2. The number of Topliss-reactive ketones (excluding diaryl/α,β-unsaturated/α-hetero) is 2. The van der Waals surface area contributed by atoms with E-state index in [0.29, 0.717) is 5.78 Å². The van der Waals surface area contributed by atoms with E-state index in [1.54, 1.807) is 0 Å². The van der Waals surface area contributed by atoms with Gasteiger partial charge in [-0.05, 0) is 56.1 Å². The molecule has 0 unspecified atom stereocenters. The lowest BCUT2D eigenvalue weighted by molar-refractivity contribution is -0.136. The third-order valence-corrected chi connectivity index (χ3v) is 4.87.